The smallest absolute Gasteiger partial charge is 0.157 e. The molecule has 2 aliphatic rings. The molecule has 1 unspecified atom stereocenters. The van der Waals surface area contributed by atoms with Gasteiger partial charge in [-0.15, -0.1) is 0 Å². The molecule has 3 aromatic carbocycles. The van der Waals surface area contributed by atoms with Gasteiger partial charge in [0, 0.05) is 11.4 Å². The summed E-state index contributed by atoms with van der Waals surface area (Å²) in [6.07, 6.45) is 15.1. The topological polar surface area (TPSA) is 46.2 Å². The molecule has 222 valence electrons. The monoisotopic (exact) mass is 583 g/mol. The second-order valence-corrected chi connectivity index (χ2v) is 12.9. The number of nitrogens with one attached hydrogen (secondary N) is 1. The highest BCUT2D eigenvalue weighted by Gasteiger charge is 2.40. The minimum Gasteiger partial charge on any atom is -0.307 e. The lowest BCUT2D eigenvalue weighted by Gasteiger charge is -2.36. The molecule has 0 spiro atoms. The Bertz CT molecular complexity index is 1290. The van der Waals surface area contributed by atoms with E-state index in [-0.39, 0.29) is 30.4 Å². The fraction of sp³-hybridized carbons (Fsp3) is 0.474. The average Bonchev–Trinajstić information content (AvgIpc) is 3.54. The third-order valence-electron chi connectivity index (χ3n) is 9.61. The average molecular weight is 584 g/mol. The summed E-state index contributed by atoms with van der Waals surface area (Å²) in [4.78, 5) is 26.9. The molecule has 3 aromatic rings. The molecular formula is C38H46ClNO2. The Balaban J connectivity index is 1.52. The first-order valence-electron chi connectivity index (χ1n) is 16.3. The van der Waals surface area contributed by atoms with Crippen molar-refractivity contribution in [1.29, 1.82) is 0 Å². The van der Waals surface area contributed by atoms with Crippen LogP contribution < -0.4 is 5.32 Å². The van der Waals surface area contributed by atoms with Gasteiger partial charge in [-0.1, -0.05) is 136 Å². The minimum absolute atomic E-state index is 0.000712. The van der Waals surface area contributed by atoms with Gasteiger partial charge < -0.3 is 5.32 Å². The molecule has 1 aliphatic carbocycles. The van der Waals surface area contributed by atoms with Gasteiger partial charge in [-0.3, -0.25) is 9.59 Å². The summed E-state index contributed by atoms with van der Waals surface area (Å²) >= 11 is 6.94. The molecule has 1 heterocycles. The van der Waals surface area contributed by atoms with Crippen LogP contribution in [0.15, 0.2) is 78.9 Å². The summed E-state index contributed by atoms with van der Waals surface area (Å²) in [6.45, 7) is 0.839. The molecule has 2 fully saturated rings. The Kier molecular flexibility index (Phi) is 11.1. The number of benzene rings is 3. The van der Waals surface area contributed by atoms with Crippen LogP contribution >= 0.6 is 11.6 Å². The van der Waals surface area contributed by atoms with Crippen LogP contribution in [0.25, 0.3) is 0 Å². The Morgan fingerprint density at radius 1 is 0.690 bits per heavy atom. The van der Waals surface area contributed by atoms with Gasteiger partial charge >= 0.3 is 0 Å². The molecule has 0 aromatic heterocycles. The molecule has 5 rings (SSSR count). The van der Waals surface area contributed by atoms with E-state index in [0.717, 1.165) is 36.1 Å². The summed E-state index contributed by atoms with van der Waals surface area (Å²) in [7, 11) is 0. The molecule has 0 bridgehead atoms. The summed E-state index contributed by atoms with van der Waals surface area (Å²) in [6, 6.07) is 27.0. The van der Waals surface area contributed by atoms with Crippen molar-refractivity contribution in [1.82, 2.24) is 5.32 Å². The van der Waals surface area contributed by atoms with Crippen LogP contribution in [0, 0.1) is 0 Å². The van der Waals surface area contributed by atoms with Gasteiger partial charge in [0.15, 0.2) is 5.78 Å². The Morgan fingerprint density at radius 3 is 1.90 bits per heavy atom. The maximum absolute atomic E-state index is 13.8. The Hall–Kier alpha value is -2.75. The largest absolute Gasteiger partial charge is 0.307 e. The van der Waals surface area contributed by atoms with Gasteiger partial charge in [0.25, 0.3) is 0 Å². The standard InChI is InChI=1S/C38H46ClNO2/c39-35-20-13-12-19-34(35)38(31-17-10-7-11-18-31,28-33(41)27-37(42)36-21-14-26-40-36)32-24-22-30(23-25-32)29-15-8-5-3-1-2-4-6-9-16-29/h7,10-13,17-20,22-25,29,36,40H,1-6,8-9,14-16,21,26-28H2/t36-,38?/m0/s1. The number of halogens is 1. The van der Waals surface area contributed by atoms with E-state index < -0.39 is 5.41 Å². The van der Waals surface area contributed by atoms with E-state index in [1.54, 1.807) is 0 Å². The number of ketones is 2. The summed E-state index contributed by atoms with van der Waals surface area (Å²) in [5.74, 6) is 0.521. The molecule has 2 atom stereocenters. The number of rotatable bonds is 9. The van der Waals surface area contributed by atoms with Crippen LogP contribution in [-0.2, 0) is 15.0 Å². The lowest BCUT2D eigenvalue weighted by Crippen LogP contribution is -2.36. The minimum atomic E-state index is -0.799. The zero-order valence-electron chi connectivity index (χ0n) is 25.0. The molecule has 0 amide bonds. The van der Waals surface area contributed by atoms with Gasteiger partial charge in [-0.05, 0) is 66.5 Å². The number of hydrogen-bond donors (Lipinski definition) is 1. The van der Waals surface area contributed by atoms with E-state index in [4.69, 9.17) is 11.6 Å². The normalized spacial score (nSPS) is 20.4. The van der Waals surface area contributed by atoms with Crippen LogP contribution in [0.3, 0.4) is 0 Å². The van der Waals surface area contributed by atoms with Crippen LogP contribution in [0.5, 0.6) is 0 Å². The summed E-state index contributed by atoms with van der Waals surface area (Å²) in [5, 5.41) is 3.89. The highest BCUT2D eigenvalue weighted by Crippen LogP contribution is 2.46. The Morgan fingerprint density at radius 2 is 1.29 bits per heavy atom. The molecule has 0 radical (unpaired) electrons. The van der Waals surface area contributed by atoms with Gasteiger partial charge in [0.05, 0.1) is 17.9 Å². The van der Waals surface area contributed by atoms with Crippen LogP contribution in [0.1, 0.15) is 118 Å². The molecule has 1 saturated heterocycles. The van der Waals surface area contributed by atoms with Crippen molar-refractivity contribution in [2.45, 2.75) is 107 Å². The lowest BCUT2D eigenvalue weighted by atomic mass is 9.66. The predicted octanol–water partition coefficient (Wildman–Crippen LogP) is 9.34. The quantitative estimate of drug-likeness (QED) is 0.202. The van der Waals surface area contributed by atoms with Crippen molar-refractivity contribution < 1.29 is 9.59 Å². The Labute approximate surface area is 257 Å². The number of hydrogen-bond acceptors (Lipinski definition) is 3. The lowest BCUT2D eigenvalue weighted by molar-refractivity contribution is -0.128. The van der Waals surface area contributed by atoms with Crippen LogP contribution in [0.4, 0.5) is 0 Å². The zero-order chi connectivity index (χ0) is 29.2. The van der Waals surface area contributed by atoms with Gasteiger partial charge in [0.1, 0.15) is 5.78 Å². The second kappa shape index (κ2) is 15.1. The fourth-order valence-corrected chi connectivity index (χ4v) is 7.60. The van der Waals surface area contributed by atoms with Crippen molar-refractivity contribution in [2.24, 2.45) is 0 Å². The second-order valence-electron chi connectivity index (χ2n) is 12.5. The summed E-state index contributed by atoms with van der Waals surface area (Å²) < 4.78 is 0. The molecule has 4 heteroatoms. The number of carbonyl (C=O) groups excluding carboxylic acids is 2. The molecule has 1 saturated carbocycles. The first kappa shape index (κ1) is 30.7. The van der Waals surface area contributed by atoms with Gasteiger partial charge in [-0.2, -0.15) is 0 Å². The van der Waals surface area contributed by atoms with E-state index in [0.29, 0.717) is 10.9 Å². The van der Waals surface area contributed by atoms with Crippen molar-refractivity contribution in [2.75, 3.05) is 6.54 Å². The first-order chi connectivity index (χ1) is 20.6. The molecule has 1 N–H and O–H groups in total. The van der Waals surface area contributed by atoms with Crippen LogP contribution in [-0.4, -0.2) is 24.2 Å². The van der Waals surface area contributed by atoms with E-state index in [9.17, 15) is 9.59 Å². The van der Waals surface area contributed by atoms with Gasteiger partial charge in [0.2, 0.25) is 0 Å². The maximum atomic E-state index is 13.8. The van der Waals surface area contributed by atoms with Gasteiger partial charge in [-0.25, -0.2) is 0 Å². The van der Waals surface area contributed by atoms with Crippen molar-refractivity contribution >= 4 is 23.2 Å². The highest BCUT2D eigenvalue weighted by molar-refractivity contribution is 6.31. The van der Waals surface area contributed by atoms with Crippen molar-refractivity contribution in [3.05, 3.63) is 106 Å². The number of Topliss-reactive ketones (excluding diaryl/α,β-unsaturated/α-hetero) is 2. The van der Waals surface area contributed by atoms with E-state index >= 15 is 0 Å². The zero-order valence-corrected chi connectivity index (χ0v) is 25.7. The third-order valence-corrected chi connectivity index (χ3v) is 9.94. The first-order valence-corrected chi connectivity index (χ1v) is 16.6. The predicted molar refractivity (Wildman–Crippen MR) is 173 cm³/mol. The molecule has 3 nitrogen and oxygen atoms in total. The van der Waals surface area contributed by atoms with Crippen molar-refractivity contribution in [3.63, 3.8) is 0 Å². The van der Waals surface area contributed by atoms with E-state index in [1.165, 1.54) is 69.8 Å². The van der Waals surface area contributed by atoms with Crippen LogP contribution in [0.2, 0.25) is 5.02 Å². The van der Waals surface area contributed by atoms with Crippen molar-refractivity contribution in [3.8, 4) is 0 Å². The molecule has 1 aliphatic heterocycles. The maximum Gasteiger partial charge on any atom is 0.157 e. The summed E-state index contributed by atoms with van der Waals surface area (Å²) in [5.41, 5.74) is 3.56. The molecular weight excluding hydrogens is 538 g/mol. The molecule has 42 heavy (non-hydrogen) atoms. The third kappa shape index (κ3) is 7.41. The highest BCUT2D eigenvalue weighted by atomic mass is 35.5. The van der Waals surface area contributed by atoms with E-state index in [2.05, 4.69) is 41.7 Å². The van der Waals surface area contributed by atoms with E-state index in [1.807, 2.05) is 42.5 Å². The SMILES string of the molecule is O=C(CC(=O)[C@@H]1CCCN1)CC(c1ccccc1)(c1ccc(C2CCCCCCCCCC2)cc1)c1ccccc1Cl. The fourth-order valence-electron chi connectivity index (χ4n) is 7.30. The number of carbonyl (C=O) groups is 2.